The second-order valence-electron chi connectivity index (χ2n) is 6.72. The molecule has 0 unspecified atom stereocenters. The second-order valence-corrected chi connectivity index (χ2v) is 6.72. The zero-order chi connectivity index (χ0) is 17.4. The van der Waals surface area contributed by atoms with E-state index in [-0.39, 0.29) is 29.0 Å². The third-order valence-corrected chi connectivity index (χ3v) is 4.38. The van der Waals surface area contributed by atoms with Crippen LogP contribution in [-0.4, -0.2) is 46.5 Å². The van der Waals surface area contributed by atoms with Gasteiger partial charge in [0.2, 0.25) is 0 Å². The molecular formula is C17H22N2O4. The van der Waals surface area contributed by atoms with Crippen LogP contribution in [0.25, 0.3) is 0 Å². The van der Waals surface area contributed by atoms with Gasteiger partial charge in [-0.3, -0.25) is 29.0 Å². The van der Waals surface area contributed by atoms with Crippen LogP contribution >= 0.6 is 0 Å². The number of hydrogen-bond donors (Lipinski definition) is 0. The molecule has 0 spiro atoms. The number of carbonyl (C=O) groups excluding carboxylic acids is 4. The number of amides is 4. The summed E-state index contributed by atoms with van der Waals surface area (Å²) in [7, 11) is 0. The summed E-state index contributed by atoms with van der Waals surface area (Å²) < 4.78 is 0. The van der Waals surface area contributed by atoms with Gasteiger partial charge in [0.05, 0.1) is 0 Å². The summed E-state index contributed by atoms with van der Waals surface area (Å²) >= 11 is 0. The normalized spacial score (nSPS) is 19.0. The van der Waals surface area contributed by atoms with Crippen molar-refractivity contribution in [1.82, 2.24) is 9.80 Å². The number of hydrogen-bond acceptors (Lipinski definition) is 4. The summed E-state index contributed by atoms with van der Waals surface area (Å²) in [5, 5.41) is 0. The quantitative estimate of drug-likeness (QED) is 0.694. The first-order valence-electron chi connectivity index (χ1n) is 7.77. The average Bonchev–Trinajstić information content (AvgIpc) is 2.89. The Hall–Kier alpha value is -2.24. The van der Waals surface area contributed by atoms with Crippen LogP contribution in [0.15, 0.2) is 23.3 Å². The summed E-state index contributed by atoms with van der Waals surface area (Å²) in [6.07, 6.45) is 3.60. The largest absolute Gasteiger partial charge is 0.275 e. The van der Waals surface area contributed by atoms with Gasteiger partial charge in [0.1, 0.15) is 0 Å². The first-order valence-corrected chi connectivity index (χ1v) is 7.77. The lowest BCUT2D eigenvalue weighted by Gasteiger charge is -2.29. The Morgan fingerprint density at radius 3 is 2.00 bits per heavy atom. The Morgan fingerprint density at radius 2 is 1.52 bits per heavy atom. The standard InChI is InChI=1S/C17H22N2O4/c1-5-18-15(22)11(2)12(16(18)23)8-9-17(3,4)10-19-13(20)6-7-14(19)21/h6-7H,5,8-10H2,1-4H3. The van der Waals surface area contributed by atoms with Gasteiger partial charge in [-0.2, -0.15) is 0 Å². The Kier molecular flexibility index (Phi) is 4.54. The molecule has 4 amide bonds. The summed E-state index contributed by atoms with van der Waals surface area (Å²) in [5.74, 6) is -1.05. The smallest absolute Gasteiger partial charge is 0.257 e. The molecule has 0 saturated heterocycles. The highest BCUT2D eigenvalue weighted by Gasteiger charge is 2.36. The summed E-state index contributed by atoms with van der Waals surface area (Å²) in [4.78, 5) is 50.0. The molecular weight excluding hydrogens is 296 g/mol. The van der Waals surface area contributed by atoms with Gasteiger partial charge in [0, 0.05) is 36.4 Å². The summed E-state index contributed by atoms with van der Waals surface area (Å²) in [6.45, 7) is 8.00. The number of carbonyl (C=O) groups is 4. The molecule has 124 valence electrons. The van der Waals surface area contributed by atoms with E-state index < -0.39 is 0 Å². The molecule has 0 saturated carbocycles. The highest BCUT2D eigenvalue weighted by molar-refractivity contribution is 6.19. The highest BCUT2D eigenvalue weighted by atomic mass is 16.2. The number of nitrogens with zero attached hydrogens (tertiary/aromatic N) is 2. The molecule has 2 aliphatic rings. The minimum Gasteiger partial charge on any atom is -0.275 e. The van der Waals surface area contributed by atoms with Crippen LogP contribution in [0.2, 0.25) is 0 Å². The number of imide groups is 2. The van der Waals surface area contributed by atoms with Crippen molar-refractivity contribution in [1.29, 1.82) is 0 Å². The lowest BCUT2D eigenvalue weighted by molar-refractivity contribution is -0.139. The van der Waals surface area contributed by atoms with Crippen molar-refractivity contribution < 1.29 is 19.2 Å². The Balaban J connectivity index is 2.02. The van der Waals surface area contributed by atoms with E-state index in [1.807, 2.05) is 13.8 Å². The van der Waals surface area contributed by atoms with E-state index in [0.717, 1.165) is 0 Å². The molecule has 0 aromatic rings. The molecule has 6 nitrogen and oxygen atoms in total. The molecule has 2 aliphatic heterocycles. The maximum atomic E-state index is 12.2. The lowest BCUT2D eigenvalue weighted by Crippen LogP contribution is -2.38. The molecule has 2 heterocycles. The fraction of sp³-hybridized carbons (Fsp3) is 0.529. The predicted octanol–water partition coefficient (Wildman–Crippen LogP) is 1.42. The summed E-state index contributed by atoms with van der Waals surface area (Å²) in [6, 6.07) is 0. The fourth-order valence-electron chi connectivity index (χ4n) is 2.89. The molecule has 23 heavy (non-hydrogen) atoms. The van der Waals surface area contributed by atoms with Gasteiger partial charge >= 0.3 is 0 Å². The zero-order valence-corrected chi connectivity index (χ0v) is 14.0. The SMILES string of the molecule is CCN1C(=O)C(C)=C(CCC(C)(C)CN2C(=O)C=CC2=O)C1=O. The first kappa shape index (κ1) is 17.1. The third kappa shape index (κ3) is 3.25. The molecule has 0 aromatic carbocycles. The molecule has 0 aliphatic carbocycles. The van der Waals surface area contributed by atoms with Gasteiger partial charge in [-0.25, -0.2) is 0 Å². The predicted molar refractivity (Wildman–Crippen MR) is 84.0 cm³/mol. The van der Waals surface area contributed by atoms with Crippen LogP contribution < -0.4 is 0 Å². The maximum absolute atomic E-state index is 12.2. The molecule has 0 radical (unpaired) electrons. The van der Waals surface area contributed by atoms with Gasteiger partial charge in [0.15, 0.2) is 0 Å². The monoisotopic (exact) mass is 318 g/mol. The Bertz CT molecular complexity index is 625. The van der Waals surface area contributed by atoms with Crippen molar-refractivity contribution in [3.05, 3.63) is 23.3 Å². The topological polar surface area (TPSA) is 74.8 Å². The van der Waals surface area contributed by atoms with Gasteiger partial charge < -0.3 is 0 Å². The van der Waals surface area contributed by atoms with Crippen LogP contribution in [0.1, 0.15) is 40.5 Å². The van der Waals surface area contributed by atoms with Crippen LogP contribution in [0, 0.1) is 5.41 Å². The van der Waals surface area contributed by atoms with Crippen molar-refractivity contribution in [2.75, 3.05) is 13.1 Å². The molecule has 0 atom stereocenters. The van der Waals surface area contributed by atoms with E-state index in [4.69, 9.17) is 0 Å². The van der Waals surface area contributed by atoms with Crippen molar-refractivity contribution in [2.24, 2.45) is 5.41 Å². The minimum atomic E-state index is -0.340. The maximum Gasteiger partial charge on any atom is 0.257 e. The molecule has 0 N–H and O–H groups in total. The van der Waals surface area contributed by atoms with E-state index in [1.54, 1.807) is 13.8 Å². The number of likely N-dealkylation sites (N-methyl/N-ethyl adjacent to an activating group) is 1. The highest BCUT2D eigenvalue weighted by Crippen LogP contribution is 2.31. The lowest BCUT2D eigenvalue weighted by atomic mass is 9.85. The third-order valence-electron chi connectivity index (χ3n) is 4.38. The minimum absolute atomic E-state index is 0.221. The van der Waals surface area contributed by atoms with Gasteiger partial charge in [0.25, 0.3) is 23.6 Å². The molecule has 0 bridgehead atoms. The second kappa shape index (κ2) is 6.10. The van der Waals surface area contributed by atoms with Crippen LogP contribution in [0.5, 0.6) is 0 Å². The van der Waals surface area contributed by atoms with E-state index in [9.17, 15) is 19.2 Å². The van der Waals surface area contributed by atoms with Crippen LogP contribution in [0.3, 0.4) is 0 Å². The van der Waals surface area contributed by atoms with Gasteiger partial charge in [-0.05, 0) is 32.1 Å². The van der Waals surface area contributed by atoms with E-state index >= 15 is 0 Å². The Labute approximate surface area is 135 Å². The molecule has 0 aromatic heterocycles. The fourth-order valence-corrected chi connectivity index (χ4v) is 2.89. The average molecular weight is 318 g/mol. The first-order chi connectivity index (χ1) is 10.7. The van der Waals surface area contributed by atoms with E-state index in [0.29, 0.717) is 37.1 Å². The molecule has 0 fully saturated rings. The number of rotatable bonds is 6. The van der Waals surface area contributed by atoms with Crippen molar-refractivity contribution in [3.8, 4) is 0 Å². The Morgan fingerprint density at radius 1 is 0.957 bits per heavy atom. The van der Waals surface area contributed by atoms with Crippen LogP contribution in [0.4, 0.5) is 0 Å². The van der Waals surface area contributed by atoms with Crippen LogP contribution in [-0.2, 0) is 19.2 Å². The van der Waals surface area contributed by atoms with Crippen molar-refractivity contribution >= 4 is 23.6 Å². The van der Waals surface area contributed by atoms with E-state index in [2.05, 4.69) is 0 Å². The summed E-state index contributed by atoms with van der Waals surface area (Å²) in [5.41, 5.74) is 0.706. The van der Waals surface area contributed by atoms with Crippen molar-refractivity contribution in [2.45, 2.75) is 40.5 Å². The molecule has 2 rings (SSSR count). The molecule has 6 heteroatoms. The zero-order valence-electron chi connectivity index (χ0n) is 14.0. The van der Waals surface area contributed by atoms with Gasteiger partial charge in [-0.1, -0.05) is 13.8 Å². The van der Waals surface area contributed by atoms with Gasteiger partial charge in [-0.15, -0.1) is 0 Å². The van der Waals surface area contributed by atoms with Crippen molar-refractivity contribution in [3.63, 3.8) is 0 Å². The van der Waals surface area contributed by atoms with E-state index in [1.165, 1.54) is 22.0 Å².